The minimum absolute atomic E-state index is 0.0602. The lowest BCUT2D eigenvalue weighted by Crippen LogP contribution is -2.28. The molecule has 0 saturated carbocycles. The Bertz CT molecular complexity index is 1570. The van der Waals surface area contributed by atoms with E-state index in [0.717, 1.165) is 23.1 Å². The van der Waals surface area contributed by atoms with Gasteiger partial charge in [-0.1, -0.05) is 0 Å². The molecule has 38 heavy (non-hydrogen) atoms. The van der Waals surface area contributed by atoms with Gasteiger partial charge in [0.15, 0.2) is 11.9 Å². The van der Waals surface area contributed by atoms with E-state index in [1.807, 2.05) is 0 Å². The van der Waals surface area contributed by atoms with Crippen LogP contribution in [0.5, 0.6) is 0 Å². The van der Waals surface area contributed by atoms with Crippen LogP contribution < -0.4 is 16.4 Å². The first-order valence-corrected chi connectivity index (χ1v) is 12.7. The predicted molar refractivity (Wildman–Crippen MR) is 134 cm³/mol. The SMILES string of the molecule is CCNC(=O)Nc1cc(C2=NC(C(F)(F)F)CS2)c(-c2nc(-c3ncccn3)c(-c3n[nH]c(=O)o3)s2)cn1. The molecule has 0 radical (unpaired) electrons. The van der Waals surface area contributed by atoms with Crippen molar-refractivity contribution in [2.24, 2.45) is 4.99 Å². The van der Waals surface area contributed by atoms with Gasteiger partial charge in [0.1, 0.15) is 21.4 Å². The highest BCUT2D eigenvalue weighted by molar-refractivity contribution is 8.14. The maximum Gasteiger partial charge on any atom is 0.434 e. The number of hydrogen-bond acceptors (Lipinski definition) is 11. The molecule has 0 bridgehead atoms. The van der Waals surface area contributed by atoms with E-state index in [9.17, 15) is 22.8 Å². The van der Waals surface area contributed by atoms with Gasteiger partial charge >= 0.3 is 18.0 Å². The molecule has 5 heterocycles. The topological polar surface area (TPSA) is 164 Å². The maximum absolute atomic E-state index is 13.4. The number of thiazole rings is 1. The van der Waals surface area contributed by atoms with E-state index in [0.29, 0.717) is 22.0 Å². The summed E-state index contributed by atoms with van der Waals surface area (Å²) in [7, 11) is 0. The summed E-state index contributed by atoms with van der Waals surface area (Å²) in [5, 5.41) is 11.6. The zero-order valence-corrected chi connectivity index (χ0v) is 20.9. The Morgan fingerprint density at radius 3 is 2.68 bits per heavy atom. The quantitative estimate of drug-likeness (QED) is 0.318. The Hall–Kier alpha value is -4.12. The molecule has 0 fully saturated rings. The smallest absolute Gasteiger partial charge is 0.387 e. The third-order valence-electron chi connectivity index (χ3n) is 5.01. The Kier molecular flexibility index (Phi) is 6.94. The van der Waals surface area contributed by atoms with Gasteiger partial charge in [-0.05, 0) is 19.1 Å². The maximum atomic E-state index is 13.4. The van der Waals surface area contributed by atoms with Crippen molar-refractivity contribution in [3.63, 3.8) is 0 Å². The summed E-state index contributed by atoms with van der Waals surface area (Å²) in [6, 6.07) is 0.646. The van der Waals surface area contributed by atoms with Crippen LogP contribution in [0.2, 0.25) is 0 Å². The molecule has 4 aromatic rings. The lowest BCUT2D eigenvalue weighted by atomic mass is 10.1. The van der Waals surface area contributed by atoms with Gasteiger partial charge in [-0.25, -0.2) is 34.6 Å². The number of urea groups is 1. The Morgan fingerprint density at radius 2 is 2.03 bits per heavy atom. The number of rotatable bonds is 6. The lowest BCUT2D eigenvalue weighted by molar-refractivity contribution is -0.141. The van der Waals surface area contributed by atoms with Crippen LogP contribution >= 0.6 is 23.1 Å². The molecule has 2 amide bonds. The lowest BCUT2D eigenvalue weighted by Gasteiger charge is -2.11. The van der Waals surface area contributed by atoms with Gasteiger partial charge in [-0.15, -0.1) is 28.2 Å². The van der Waals surface area contributed by atoms with Gasteiger partial charge in [-0.3, -0.25) is 10.3 Å². The summed E-state index contributed by atoms with van der Waals surface area (Å²) in [6.07, 6.45) is -0.128. The Morgan fingerprint density at radius 1 is 1.24 bits per heavy atom. The molecule has 3 N–H and O–H groups in total. The van der Waals surface area contributed by atoms with Crippen LogP contribution in [0.4, 0.5) is 23.8 Å². The zero-order chi connectivity index (χ0) is 26.9. The van der Waals surface area contributed by atoms with E-state index in [-0.39, 0.29) is 39.6 Å². The second kappa shape index (κ2) is 10.3. The summed E-state index contributed by atoms with van der Waals surface area (Å²) in [4.78, 5) is 45.1. The fraction of sp³-hybridized carbons (Fsp3) is 0.238. The monoisotopic (exact) mass is 563 g/mol. The summed E-state index contributed by atoms with van der Waals surface area (Å²) in [5.74, 6) is -0.813. The van der Waals surface area contributed by atoms with Crippen LogP contribution in [0, 0.1) is 0 Å². The summed E-state index contributed by atoms with van der Waals surface area (Å²) >= 11 is 1.98. The number of halogens is 3. The highest BCUT2D eigenvalue weighted by Gasteiger charge is 2.43. The predicted octanol–water partition coefficient (Wildman–Crippen LogP) is 3.57. The average Bonchev–Trinajstić information content (AvgIpc) is 3.64. The number of aliphatic imine (C=N–C) groups is 1. The molecule has 4 aromatic heterocycles. The van der Waals surface area contributed by atoms with E-state index < -0.39 is 24.0 Å². The summed E-state index contributed by atoms with van der Waals surface area (Å²) in [5.41, 5.74) is 0.866. The number of H-pyrrole nitrogens is 1. The third-order valence-corrected chi connectivity index (χ3v) is 7.17. The zero-order valence-electron chi connectivity index (χ0n) is 19.2. The molecule has 0 aromatic carbocycles. The van der Waals surface area contributed by atoms with Crippen molar-refractivity contribution in [3.8, 4) is 32.9 Å². The molecule has 12 nitrogen and oxygen atoms in total. The molecule has 5 rings (SSSR count). The number of alkyl halides is 3. The highest BCUT2D eigenvalue weighted by atomic mass is 32.2. The second-order valence-corrected chi connectivity index (χ2v) is 9.60. The number of carbonyl (C=O) groups excluding carboxylic acids is 1. The first-order valence-electron chi connectivity index (χ1n) is 10.9. The van der Waals surface area contributed by atoms with Crippen LogP contribution in [0.25, 0.3) is 32.9 Å². The number of aromatic nitrogens is 6. The van der Waals surface area contributed by atoms with Crippen LogP contribution in [-0.4, -0.2) is 65.7 Å². The molecule has 1 aliphatic rings. The molecule has 0 aliphatic carbocycles. The first-order chi connectivity index (χ1) is 18.2. The minimum Gasteiger partial charge on any atom is -0.387 e. The van der Waals surface area contributed by atoms with Crippen molar-refractivity contribution in [2.45, 2.75) is 19.1 Å². The molecular formula is C21H16F3N9O3S2. The van der Waals surface area contributed by atoms with Crippen molar-refractivity contribution in [2.75, 3.05) is 17.6 Å². The normalized spacial score (nSPS) is 15.4. The van der Waals surface area contributed by atoms with E-state index in [2.05, 4.69) is 45.8 Å². The van der Waals surface area contributed by atoms with Crippen molar-refractivity contribution in [1.82, 2.24) is 35.5 Å². The number of hydrogen-bond donors (Lipinski definition) is 3. The van der Waals surface area contributed by atoms with Crippen LogP contribution in [0.3, 0.4) is 0 Å². The molecule has 0 saturated heterocycles. The molecule has 1 aliphatic heterocycles. The first kappa shape index (κ1) is 25.5. The second-order valence-electron chi connectivity index (χ2n) is 7.59. The number of pyridine rings is 1. The largest absolute Gasteiger partial charge is 0.434 e. The number of aromatic amines is 1. The van der Waals surface area contributed by atoms with E-state index in [4.69, 9.17) is 4.42 Å². The third kappa shape index (κ3) is 5.28. The minimum atomic E-state index is -4.51. The fourth-order valence-electron chi connectivity index (χ4n) is 3.36. The molecule has 1 unspecified atom stereocenters. The van der Waals surface area contributed by atoms with Crippen molar-refractivity contribution in [3.05, 3.63) is 46.8 Å². The number of thioether (sulfide) groups is 1. The summed E-state index contributed by atoms with van der Waals surface area (Å²) < 4.78 is 45.2. The molecule has 0 spiro atoms. The Balaban J connectivity index is 1.65. The number of carbonyl (C=O) groups is 1. The standard InChI is InChI=1S/C21H16F3N9O3S2/c1-2-25-19(34)30-12-6-9(17-29-11(8-37-17)21(22,23)24)10(7-28-12)18-31-13(15-26-4-3-5-27-15)14(38-18)16-32-33-20(35)36-16/h3-7,11H,2,8H2,1H3,(H,33,35)(H2,25,28,30,34). The molecule has 196 valence electrons. The van der Waals surface area contributed by atoms with Crippen LogP contribution in [0.1, 0.15) is 12.5 Å². The number of anilines is 1. The van der Waals surface area contributed by atoms with E-state index >= 15 is 0 Å². The molecular weight excluding hydrogens is 547 g/mol. The fourth-order valence-corrected chi connectivity index (χ4v) is 5.48. The van der Waals surface area contributed by atoms with Crippen molar-refractivity contribution < 1.29 is 22.4 Å². The number of amides is 2. The van der Waals surface area contributed by atoms with Gasteiger partial charge in [0, 0.05) is 42.0 Å². The molecule has 17 heteroatoms. The van der Waals surface area contributed by atoms with Gasteiger partial charge < -0.3 is 9.73 Å². The van der Waals surface area contributed by atoms with Crippen molar-refractivity contribution in [1.29, 1.82) is 0 Å². The van der Waals surface area contributed by atoms with Gasteiger partial charge in [-0.2, -0.15) is 13.2 Å². The van der Waals surface area contributed by atoms with E-state index in [1.54, 1.807) is 13.0 Å². The molecule has 1 atom stereocenters. The van der Waals surface area contributed by atoms with Gasteiger partial charge in [0.05, 0.1) is 5.04 Å². The van der Waals surface area contributed by atoms with Crippen molar-refractivity contribution >= 4 is 40.0 Å². The van der Waals surface area contributed by atoms with E-state index in [1.165, 1.54) is 24.7 Å². The van der Waals surface area contributed by atoms with Gasteiger partial charge in [0.25, 0.3) is 5.89 Å². The average molecular weight is 564 g/mol. The highest BCUT2D eigenvalue weighted by Crippen LogP contribution is 2.42. The number of nitrogens with zero attached hydrogens (tertiary/aromatic N) is 6. The van der Waals surface area contributed by atoms with Crippen LogP contribution in [0.15, 0.2) is 44.9 Å². The Labute approximate surface area is 219 Å². The van der Waals surface area contributed by atoms with Gasteiger partial charge in [0.2, 0.25) is 0 Å². The summed E-state index contributed by atoms with van der Waals surface area (Å²) in [6.45, 7) is 2.10. The van der Waals surface area contributed by atoms with Crippen LogP contribution in [-0.2, 0) is 0 Å². The number of nitrogens with one attached hydrogen (secondary N) is 3.